The van der Waals surface area contributed by atoms with Crippen molar-refractivity contribution in [2.24, 2.45) is 0 Å². The predicted octanol–water partition coefficient (Wildman–Crippen LogP) is 7.44. The van der Waals surface area contributed by atoms with Crippen LogP contribution in [0.25, 0.3) is 11.6 Å². The molecule has 0 spiro atoms. The SMILES string of the molecule is Cc1ccc(N(c2ccc(C=C(c3ccc(OCC(O)CO)cc3)c3ccc(OCC(O)CO)cc3)cc2)c2ccc(C)c(C)c2)cc1C. The lowest BCUT2D eigenvalue weighted by atomic mass is 9.95. The van der Waals surface area contributed by atoms with E-state index in [2.05, 4.69) is 99.3 Å². The summed E-state index contributed by atoms with van der Waals surface area (Å²) in [6, 6.07) is 36.9. The minimum atomic E-state index is -0.946. The maximum Gasteiger partial charge on any atom is 0.119 e. The minimum absolute atomic E-state index is 0.00133. The van der Waals surface area contributed by atoms with Gasteiger partial charge in [0.2, 0.25) is 0 Å². The largest absolute Gasteiger partial charge is 0.491 e. The Labute approximate surface area is 289 Å². The summed E-state index contributed by atoms with van der Waals surface area (Å²) in [7, 11) is 0. The van der Waals surface area contributed by atoms with Crippen molar-refractivity contribution in [1.82, 2.24) is 0 Å². The third-order valence-electron chi connectivity index (χ3n) is 8.60. The number of aryl methyl sites for hydroxylation is 4. The molecule has 49 heavy (non-hydrogen) atoms. The van der Waals surface area contributed by atoms with Crippen molar-refractivity contribution < 1.29 is 29.9 Å². The van der Waals surface area contributed by atoms with Gasteiger partial charge in [0, 0.05) is 17.1 Å². The molecule has 0 aliphatic carbocycles. The number of ether oxygens (including phenoxy) is 2. The zero-order valence-corrected chi connectivity index (χ0v) is 28.5. The molecule has 4 N–H and O–H groups in total. The van der Waals surface area contributed by atoms with Crippen LogP contribution in [0.3, 0.4) is 0 Å². The summed E-state index contributed by atoms with van der Waals surface area (Å²) in [4.78, 5) is 2.28. The fraction of sp³-hybridized carbons (Fsp3) is 0.238. The number of aliphatic hydroxyl groups excluding tert-OH is 4. The number of hydrogen-bond acceptors (Lipinski definition) is 7. The molecule has 7 nitrogen and oxygen atoms in total. The van der Waals surface area contributed by atoms with Crippen LogP contribution in [0.2, 0.25) is 0 Å². The van der Waals surface area contributed by atoms with E-state index in [9.17, 15) is 10.2 Å². The van der Waals surface area contributed by atoms with Gasteiger partial charge in [0.05, 0.1) is 13.2 Å². The maximum absolute atomic E-state index is 9.69. The molecule has 0 aliphatic heterocycles. The van der Waals surface area contributed by atoms with E-state index in [1.165, 1.54) is 22.3 Å². The molecule has 0 amide bonds. The van der Waals surface area contributed by atoms with Gasteiger partial charge in [-0.25, -0.2) is 0 Å². The van der Waals surface area contributed by atoms with Crippen LogP contribution >= 0.6 is 0 Å². The van der Waals surface area contributed by atoms with Gasteiger partial charge in [0.25, 0.3) is 0 Å². The topological polar surface area (TPSA) is 103 Å². The summed E-state index contributed by atoms with van der Waals surface area (Å²) in [5.41, 5.74) is 12.1. The lowest BCUT2D eigenvalue weighted by molar-refractivity contribution is 0.0536. The first-order valence-corrected chi connectivity index (χ1v) is 16.5. The molecule has 2 unspecified atom stereocenters. The second kappa shape index (κ2) is 16.5. The van der Waals surface area contributed by atoms with Gasteiger partial charge in [0.15, 0.2) is 0 Å². The van der Waals surface area contributed by atoms with Crippen LogP contribution in [-0.2, 0) is 0 Å². The predicted molar refractivity (Wildman–Crippen MR) is 197 cm³/mol. The van der Waals surface area contributed by atoms with Gasteiger partial charge in [0.1, 0.15) is 36.9 Å². The van der Waals surface area contributed by atoms with E-state index in [1.54, 1.807) is 0 Å². The standard InChI is InChI=1S/C42H45NO6/c1-28-5-13-36(21-30(28)3)43(37-14-6-29(2)31(4)22-37)35-15-7-32(8-16-35)23-42(33-9-17-40(18-10-33)48-26-38(46)24-44)34-11-19-41(20-12-34)49-27-39(47)25-45/h5-23,38-39,44-47H,24-27H2,1-4H3. The molecule has 0 fully saturated rings. The molecule has 0 aromatic heterocycles. The van der Waals surface area contributed by atoms with Crippen LogP contribution in [0.4, 0.5) is 17.1 Å². The zero-order valence-electron chi connectivity index (χ0n) is 28.5. The zero-order chi connectivity index (χ0) is 34.9. The number of hydrogen-bond donors (Lipinski definition) is 4. The molecule has 5 aromatic rings. The maximum atomic E-state index is 9.69. The Morgan fingerprint density at radius 3 is 1.35 bits per heavy atom. The fourth-order valence-electron chi connectivity index (χ4n) is 5.35. The highest BCUT2D eigenvalue weighted by Gasteiger charge is 2.15. The summed E-state index contributed by atoms with van der Waals surface area (Å²) >= 11 is 0. The molecule has 5 rings (SSSR count). The first kappa shape index (κ1) is 35.4. The van der Waals surface area contributed by atoms with Crippen molar-refractivity contribution >= 4 is 28.7 Å². The van der Waals surface area contributed by atoms with Gasteiger partial charge in [-0.2, -0.15) is 0 Å². The van der Waals surface area contributed by atoms with Crippen molar-refractivity contribution in [3.05, 3.63) is 148 Å². The number of rotatable bonds is 14. The fourth-order valence-corrected chi connectivity index (χ4v) is 5.35. The molecular formula is C42H45NO6. The molecular weight excluding hydrogens is 614 g/mol. The Morgan fingerprint density at radius 1 is 0.551 bits per heavy atom. The van der Waals surface area contributed by atoms with Gasteiger partial charge in [-0.1, -0.05) is 48.5 Å². The van der Waals surface area contributed by atoms with Crippen LogP contribution in [0.5, 0.6) is 11.5 Å². The molecule has 7 heteroatoms. The van der Waals surface area contributed by atoms with Crippen LogP contribution in [0.1, 0.15) is 38.9 Å². The summed E-state index contributed by atoms with van der Waals surface area (Å²) in [5, 5.41) is 37.6. The van der Waals surface area contributed by atoms with Crippen molar-refractivity contribution in [3.8, 4) is 11.5 Å². The second-order valence-corrected chi connectivity index (χ2v) is 12.4. The normalized spacial score (nSPS) is 12.2. The second-order valence-electron chi connectivity index (χ2n) is 12.4. The third kappa shape index (κ3) is 9.16. The Bertz CT molecular complexity index is 1740. The van der Waals surface area contributed by atoms with Crippen molar-refractivity contribution in [1.29, 1.82) is 0 Å². The molecule has 2 atom stereocenters. The summed E-state index contributed by atoms with van der Waals surface area (Å²) in [5.74, 6) is 1.17. The van der Waals surface area contributed by atoms with Gasteiger partial charge in [-0.3, -0.25) is 0 Å². The lowest BCUT2D eigenvalue weighted by Crippen LogP contribution is -2.21. The van der Waals surface area contributed by atoms with E-state index in [0.717, 1.165) is 39.3 Å². The molecule has 0 saturated heterocycles. The van der Waals surface area contributed by atoms with E-state index in [4.69, 9.17) is 19.7 Å². The molecule has 0 saturated carbocycles. The van der Waals surface area contributed by atoms with Crippen molar-refractivity contribution in [3.63, 3.8) is 0 Å². The Kier molecular flexibility index (Phi) is 11.9. The van der Waals surface area contributed by atoms with Crippen molar-refractivity contribution in [2.75, 3.05) is 31.3 Å². The number of aliphatic hydroxyl groups is 4. The van der Waals surface area contributed by atoms with Gasteiger partial charge in [-0.15, -0.1) is 0 Å². The first-order valence-electron chi connectivity index (χ1n) is 16.5. The summed E-state index contributed by atoms with van der Waals surface area (Å²) in [6.07, 6.45) is 0.244. The number of nitrogens with zero attached hydrogens (tertiary/aromatic N) is 1. The van der Waals surface area contributed by atoms with Gasteiger partial charge < -0.3 is 34.8 Å². The first-order chi connectivity index (χ1) is 23.6. The Morgan fingerprint density at radius 2 is 0.959 bits per heavy atom. The molecule has 254 valence electrons. The third-order valence-corrected chi connectivity index (χ3v) is 8.60. The van der Waals surface area contributed by atoms with Crippen LogP contribution in [0.15, 0.2) is 109 Å². The Hall–Kier alpha value is -4.92. The van der Waals surface area contributed by atoms with E-state index in [-0.39, 0.29) is 26.4 Å². The van der Waals surface area contributed by atoms with Gasteiger partial charge in [-0.05, 0) is 139 Å². The number of benzene rings is 5. The van der Waals surface area contributed by atoms with Crippen molar-refractivity contribution in [2.45, 2.75) is 39.9 Å². The van der Waals surface area contributed by atoms with E-state index < -0.39 is 12.2 Å². The van der Waals surface area contributed by atoms with E-state index >= 15 is 0 Å². The minimum Gasteiger partial charge on any atom is -0.491 e. The summed E-state index contributed by atoms with van der Waals surface area (Å²) in [6.45, 7) is 7.80. The highest BCUT2D eigenvalue weighted by Crippen LogP contribution is 2.37. The number of anilines is 3. The molecule has 5 aromatic carbocycles. The molecule has 0 radical (unpaired) electrons. The molecule has 0 heterocycles. The van der Waals surface area contributed by atoms with Crippen LogP contribution in [0, 0.1) is 27.7 Å². The molecule has 0 bridgehead atoms. The van der Waals surface area contributed by atoms with Crippen LogP contribution < -0.4 is 14.4 Å². The quantitative estimate of drug-likeness (QED) is 0.0919. The summed E-state index contributed by atoms with van der Waals surface area (Å²) < 4.78 is 11.3. The van der Waals surface area contributed by atoms with Crippen LogP contribution in [-0.4, -0.2) is 59.1 Å². The average molecular weight is 660 g/mol. The Balaban J connectivity index is 1.50. The highest BCUT2D eigenvalue weighted by atomic mass is 16.5. The van der Waals surface area contributed by atoms with E-state index in [0.29, 0.717) is 11.5 Å². The smallest absolute Gasteiger partial charge is 0.119 e. The molecule has 0 aliphatic rings. The van der Waals surface area contributed by atoms with Gasteiger partial charge >= 0.3 is 0 Å². The monoisotopic (exact) mass is 659 g/mol. The highest BCUT2D eigenvalue weighted by molar-refractivity contribution is 5.92. The van der Waals surface area contributed by atoms with E-state index in [1.807, 2.05) is 48.5 Å². The lowest BCUT2D eigenvalue weighted by Gasteiger charge is -2.27. The average Bonchev–Trinajstić information content (AvgIpc) is 3.12.